The van der Waals surface area contributed by atoms with Crippen LogP contribution in [0.2, 0.25) is 0 Å². The monoisotopic (exact) mass is 319 g/mol. The summed E-state index contributed by atoms with van der Waals surface area (Å²) >= 11 is 0. The van der Waals surface area contributed by atoms with E-state index in [-0.39, 0.29) is 23.7 Å². The first kappa shape index (κ1) is 14.1. The van der Waals surface area contributed by atoms with E-state index in [0.29, 0.717) is 11.2 Å². The summed E-state index contributed by atoms with van der Waals surface area (Å²) in [6.07, 6.45) is 1.49. The number of carbonyl (C=O) groups is 1. The highest BCUT2D eigenvalue weighted by atomic mass is 16.2. The molecule has 0 radical (unpaired) electrons. The SMILES string of the molecule is O=C(Cn1c(=O)c2nncn2c2ccccc21)Nc1ccccc1. The van der Waals surface area contributed by atoms with Gasteiger partial charge in [0.1, 0.15) is 12.9 Å². The van der Waals surface area contributed by atoms with Gasteiger partial charge in [-0.15, -0.1) is 10.2 Å². The zero-order valence-electron chi connectivity index (χ0n) is 12.6. The second kappa shape index (κ2) is 5.62. The van der Waals surface area contributed by atoms with Crippen molar-refractivity contribution >= 4 is 28.3 Å². The van der Waals surface area contributed by atoms with Gasteiger partial charge in [0.05, 0.1) is 11.0 Å². The fourth-order valence-corrected chi connectivity index (χ4v) is 2.71. The Kier molecular flexibility index (Phi) is 3.31. The number of nitrogens with zero attached hydrogens (tertiary/aromatic N) is 4. The van der Waals surface area contributed by atoms with E-state index in [1.165, 1.54) is 10.9 Å². The van der Waals surface area contributed by atoms with Crippen molar-refractivity contribution in [2.75, 3.05) is 5.32 Å². The maximum Gasteiger partial charge on any atom is 0.297 e. The zero-order valence-corrected chi connectivity index (χ0v) is 12.6. The first-order valence-electron chi connectivity index (χ1n) is 7.40. The molecule has 0 aliphatic rings. The number of rotatable bonds is 3. The van der Waals surface area contributed by atoms with Gasteiger partial charge in [0.25, 0.3) is 5.56 Å². The summed E-state index contributed by atoms with van der Waals surface area (Å²) in [7, 11) is 0. The second-order valence-corrected chi connectivity index (χ2v) is 5.32. The Morgan fingerprint density at radius 1 is 1.00 bits per heavy atom. The molecule has 0 spiro atoms. The minimum Gasteiger partial charge on any atom is -0.325 e. The minimum atomic E-state index is -0.352. The van der Waals surface area contributed by atoms with Gasteiger partial charge in [0.2, 0.25) is 11.6 Å². The number of amides is 1. The lowest BCUT2D eigenvalue weighted by Crippen LogP contribution is -2.29. The Morgan fingerprint density at radius 3 is 2.50 bits per heavy atom. The summed E-state index contributed by atoms with van der Waals surface area (Å²) in [5.74, 6) is -0.280. The molecule has 4 aromatic rings. The van der Waals surface area contributed by atoms with Crippen LogP contribution in [-0.2, 0) is 11.3 Å². The molecule has 7 nitrogen and oxygen atoms in total. The Labute approximate surface area is 136 Å². The molecular formula is C17H13N5O2. The molecule has 0 saturated carbocycles. The van der Waals surface area contributed by atoms with Crippen molar-refractivity contribution in [3.8, 4) is 0 Å². The summed E-state index contributed by atoms with van der Waals surface area (Å²) < 4.78 is 3.04. The van der Waals surface area contributed by atoms with Crippen LogP contribution in [0.25, 0.3) is 16.7 Å². The molecule has 4 rings (SSSR count). The van der Waals surface area contributed by atoms with E-state index in [1.807, 2.05) is 36.4 Å². The highest BCUT2D eigenvalue weighted by Gasteiger charge is 2.14. The van der Waals surface area contributed by atoms with Crippen LogP contribution in [0.4, 0.5) is 5.69 Å². The molecule has 2 heterocycles. The molecular weight excluding hydrogens is 306 g/mol. The molecule has 0 aliphatic heterocycles. The van der Waals surface area contributed by atoms with Gasteiger partial charge in [0.15, 0.2) is 0 Å². The smallest absolute Gasteiger partial charge is 0.297 e. The lowest BCUT2D eigenvalue weighted by molar-refractivity contribution is -0.116. The molecule has 0 aliphatic carbocycles. The third-order valence-electron chi connectivity index (χ3n) is 3.78. The lowest BCUT2D eigenvalue weighted by atomic mass is 10.3. The number of benzene rings is 2. The number of anilines is 1. The van der Waals surface area contributed by atoms with E-state index in [4.69, 9.17) is 0 Å². The maximum atomic E-state index is 12.7. The standard InChI is InChI=1S/C17H13N5O2/c23-15(19-12-6-2-1-3-7-12)10-21-13-8-4-5-9-14(13)22-11-18-20-16(22)17(21)24/h1-9,11H,10H2,(H,19,23). The number of fused-ring (bicyclic) bond motifs is 3. The van der Waals surface area contributed by atoms with Crippen molar-refractivity contribution in [2.45, 2.75) is 6.54 Å². The fourth-order valence-electron chi connectivity index (χ4n) is 2.71. The van der Waals surface area contributed by atoms with Gasteiger partial charge in [-0.25, -0.2) is 0 Å². The van der Waals surface area contributed by atoms with Crippen molar-refractivity contribution < 1.29 is 4.79 Å². The third kappa shape index (κ3) is 2.32. The summed E-state index contributed by atoms with van der Waals surface area (Å²) in [4.78, 5) is 25.0. The van der Waals surface area contributed by atoms with Crippen LogP contribution in [0.1, 0.15) is 0 Å². The maximum absolute atomic E-state index is 12.7. The predicted octanol–water partition coefficient (Wildman–Crippen LogP) is 1.68. The van der Waals surface area contributed by atoms with E-state index in [2.05, 4.69) is 15.5 Å². The second-order valence-electron chi connectivity index (χ2n) is 5.32. The molecule has 7 heteroatoms. The number of aromatic nitrogens is 4. The molecule has 1 amide bonds. The summed E-state index contributed by atoms with van der Waals surface area (Å²) in [6, 6.07) is 16.5. The highest BCUT2D eigenvalue weighted by molar-refractivity contribution is 5.91. The van der Waals surface area contributed by atoms with Gasteiger partial charge in [-0.3, -0.25) is 18.6 Å². The third-order valence-corrected chi connectivity index (χ3v) is 3.78. The van der Waals surface area contributed by atoms with Crippen LogP contribution >= 0.6 is 0 Å². The predicted molar refractivity (Wildman–Crippen MR) is 89.8 cm³/mol. The molecule has 0 fully saturated rings. The summed E-state index contributed by atoms with van der Waals surface area (Å²) in [6.45, 7) is -0.0996. The first-order chi connectivity index (χ1) is 11.7. The van der Waals surface area contributed by atoms with Crippen molar-refractivity contribution in [1.29, 1.82) is 0 Å². The molecule has 24 heavy (non-hydrogen) atoms. The van der Waals surface area contributed by atoms with Gasteiger partial charge in [-0.1, -0.05) is 30.3 Å². The number of nitrogens with one attached hydrogen (secondary N) is 1. The van der Waals surface area contributed by atoms with Crippen molar-refractivity contribution in [2.24, 2.45) is 0 Å². The molecule has 1 N–H and O–H groups in total. The molecule has 0 bridgehead atoms. The van der Waals surface area contributed by atoms with E-state index < -0.39 is 0 Å². The molecule has 2 aromatic heterocycles. The van der Waals surface area contributed by atoms with Crippen molar-refractivity contribution in [3.05, 3.63) is 71.3 Å². The van der Waals surface area contributed by atoms with Crippen LogP contribution in [0.5, 0.6) is 0 Å². The minimum absolute atomic E-state index is 0.0996. The Hall–Kier alpha value is -3.48. The van der Waals surface area contributed by atoms with Crippen LogP contribution in [0.3, 0.4) is 0 Å². The number of carbonyl (C=O) groups excluding carboxylic acids is 1. The normalized spacial score (nSPS) is 11.0. The lowest BCUT2D eigenvalue weighted by Gasteiger charge is -2.11. The van der Waals surface area contributed by atoms with Crippen molar-refractivity contribution in [1.82, 2.24) is 19.2 Å². The Balaban J connectivity index is 1.79. The molecule has 118 valence electrons. The average molecular weight is 319 g/mol. The molecule has 0 atom stereocenters. The summed E-state index contributed by atoms with van der Waals surface area (Å²) in [5, 5.41) is 10.5. The van der Waals surface area contributed by atoms with Gasteiger partial charge < -0.3 is 5.32 Å². The van der Waals surface area contributed by atoms with Gasteiger partial charge in [0, 0.05) is 5.69 Å². The summed E-state index contributed by atoms with van der Waals surface area (Å²) in [5.41, 5.74) is 1.95. The van der Waals surface area contributed by atoms with Crippen LogP contribution in [0.15, 0.2) is 65.7 Å². The number of hydrogen-bond donors (Lipinski definition) is 1. The van der Waals surface area contributed by atoms with Gasteiger partial charge >= 0.3 is 0 Å². The van der Waals surface area contributed by atoms with Crippen LogP contribution in [-0.4, -0.2) is 25.1 Å². The Bertz CT molecular complexity index is 1100. The highest BCUT2D eigenvalue weighted by Crippen LogP contribution is 2.13. The van der Waals surface area contributed by atoms with Crippen molar-refractivity contribution in [3.63, 3.8) is 0 Å². The fraction of sp³-hybridized carbons (Fsp3) is 0.0588. The van der Waals surface area contributed by atoms with Gasteiger partial charge in [-0.2, -0.15) is 0 Å². The topological polar surface area (TPSA) is 81.3 Å². The molecule has 0 unspecified atom stereocenters. The largest absolute Gasteiger partial charge is 0.325 e. The van der Waals surface area contributed by atoms with E-state index in [9.17, 15) is 9.59 Å². The van der Waals surface area contributed by atoms with Crippen LogP contribution in [0, 0.1) is 0 Å². The number of hydrogen-bond acceptors (Lipinski definition) is 4. The molecule has 0 saturated heterocycles. The van der Waals surface area contributed by atoms with E-state index in [1.54, 1.807) is 22.6 Å². The van der Waals surface area contributed by atoms with Gasteiger partial charge in [-0.05, 0) is 24.3 Å². The van der Waals surface area contributed by atoms with E-state index in [0.717, 1.165) is 5.52 Å². The van der Waals surface area contributed by atoms with Crippen LogP contribution < -0.4 is 10.9 Å². The quantitative estimate of drug-likeness (QED) is 0.623. The average Bonchev–Trinajstić information content (AvgIpc) is 3.10. The first-order valence-corrected chi connectivity index (χ1v) is 7.40. The van der Waals surface area contributed by atoms with E-state index >= 15 is 0 Å². The Morgan fingerprint density at radius 2 is 1.71 bits per heavy atom. The zero-order chi connectivity index (χ0) is 16.5. The molecule has 2 aromatic carbocycles. The number of para-hydroxylation sites is 3.